The molecular formula is C21H32O2. The molecule has 1 aliphatic carbocycles. The lowest BCUT2D eigenvalue weighted by atomic mass is 9.75. The molecule has 0 amide bonds. The molecule has 128 valence electrons. The largest absolute Gasteiger partial charge is 0.458 e. The average Bonchev–Trinajstić information content (AvgIpc) is 2.54. The van der Waals surface area contributed by atoms with Crippen molar-refractivity contribution in [1.82, 2.24) is 0 Å². The predicted molar refractivity (Wildman–Crippen MR) is 95.7 cm³/mol. The summed E-state index contributed by atoms with van der Waals surface area (Å²) in [5.74, 6) is 2.08. The number of carbonyl (C=O) groups is 1. The van der Waals surface area contributed by atoms with Crippen LogP contribution in [0.3, 0.4) is 0 Å². The molecule has 0 aromatic heterocycles. The van der Waals surface area contributed by atoms with Gasteiger partial charge in [0.25, 0.3) is 0 Å². The van der Waals surface area contributed by atoms with Crippen LogP contribution in [0.5, 0.6) is 0 Å². The van der Waals surface area contributed by atoms with E-state index in [0.29, 0.717) is 29.2 Å². The molecule has 1 aromatic rings. The summed E-state index contributed by atoms with van der Waals surface area (Å²) in [7, 11) is 0. The van der Waals surface area contributed by atoms with Gasteiger partial charge in [0.15, 0.2) is 0 Å². The van der Waals surface area contributed by atoms with Crippen molar-refractivity contribution < 1.29 is 9.53 Å². The average molecular weight is 316 g/mol. The Balaban J connectivity index is 2.04. The van der Waals surface area contributed by atoms with Crippen molar-refractivity contribution in [1.29, 1.82) is 0 Å². The highest BCUT2D eigenvalue weighted by atomic mass is 16.5. The topological polar surface area (TPSA) is 26.3 Å². The smallest absolute Gasteiger partial charge is 0.338 e. The number of hydrogen-bond acceptors (Lipinski definition) is 2. The molecule has 2 nitrogen and oxygen atoms in total. The number of benzene rings is 1. The highest BCUT2D eigenvalue weighted by molar-refractivity contribution is 5.89. The predicted octanol–water partition coefficient (Wildman–Crippen LogP) is 5.82. The second kappa shape index (κ2) is 7.99. The summed E-state index contributed by atoms with van der Waals surface area (Å²) in [5, 5.41) is 0. The van der Waals surface area contributed by atoms with Gasteiger partial charge in [-0.1, -0.05) is 53.2 Å². The van der Waals surface area contributed by atoms with Crippen LogP contribution in [-0.4, -0.2) is 12.1 Å². The van der Waals surface area contributed by atoms with E-state index in [1.807, 2.05) is 12.1 Å². The maximum Gasteiger partial charge on any atom is 0.338 e. The Bertz CT molecular complexity index is 503. The number of esters is 1. The first-order valence-corrected chi connectivity index (χ1v) is 9.23. The van der Waals surface area contributed by atoms with E-state index >= 15 is 0 Å². The first-order valence-electron chi connectivity index (χ1n) is 9.23. The Kier molecular flexibility index (Phi) is 6.26. The van der Waals surface area contributed by atoms with Gasteiger partial charge in [-0.3, -0.25) is 0 Å². The summed E-state index contributed by atoms with van der Waals surface area (Å²) in [5.41, 5.74) is 1.97. The summed E-state index contributed by atoms with van der Waals surface area (Å²) in [4.78, 5) is 12.5. The van der Waals surface area contributed by atoms with E-state index in [-0.39, 0.29) is 12.1 Å². The maximum absolute atomic E-state index is 12.5. The summed E-state index contributed by atoms with van der Waals surface area (Å²) in [6, 6.07) is 7.96. The van der Waals surface area contributed by atoms with E-state index in [9.17, 15) is 4.79 Å². The lowest BCUT2D eigenvalue weighted by Gasteiger charge is -2.36. The minimum absolute atomic E-state index is 0.0699. The number of rotatable bonds is 5. The van der Waals surface area contributed by atoms with Gasteiger partial charge in [0, 0.05) is 0 Å². The van der Waals surface area contributed by atoms with E-state index in [4.69, 9.17) is 4.74 Å². The zero-order valence-electron chi connectivity index (χ0n) is 15.3. The van der Waals surface area contributed by atoms with Crippen LogP contribution in [-0.2, 0) is 4.74 Å². The fourth-order valence-corrected chi connectivity index (χ4v) is 3.64. The Labute approximate surface area is 141 Å². The third-order valence-corrected chi connectivity index (χ3v) is 5.55. The first kappa shape index (κ1) is 18.0. The molecule has 0 spiro atoms. The van der Waals surface area contributed by atoms with Gasteiger partial charge in [-0.05, 0) is 60.6 Å². The molecule has 1 fully saturated rings. The van der Waals surface area contributed by atoms with Gasteiger partial charge in [0.1, 0.15) is 6.10 Å². The highest BCUT2D eigenvalue weighted by Crippen LogP contribution is 2.35. The van der Waals surface area contributed by atoms with Gasteiger partial charge in [-0.15, -0.1) is 0 Å². The zero-order chi connectivity index (χ0) is 17.0. The zero-order valence-corrected chi connectivity index (χ0v) is 15.3. The van der Waals surface area contributed by atoms with E-state index in [1.165, 1.54) is 18.4 Å². The maximum atomic E-state index is 12.5. The minimum Gasteiger partial charge on any atom is -0.458 e. The SMILES string of the molecule is CCC(C)c1ccc(C(=O)O[C@H]2C[C@@H](C)CC[C@@H]2C(C)C)cc1. The second-order valence-corrected chi connectivity index (χ2v) is 7.70. The Morgan fingerprint density at radius 3 is 2.39 bits per heavy atom. The molecule has 1 aliphatic rings. The van der Waals surface area contributed by atoms with E-state index in [2.05, 4.69) is 46.8 Å². The third kappa shape index (κ3) is 4.59. The third-order valence-electron chi connectivity index (χ3n) is 5.55. The van der Waals surface area contributed by atoms with Crippen molar-refractivity contribution >= 4 is 5.97 Å². The van der Waals surface area contributed by atoms with Gasteiger partial charge in [0.05, 0.1) is 5.56 Å². The van der Waals surface area contributed by atoms with Crippen LogP contribution in [0, 0.1) is 17.8 Å². The molecule has 0 bridgehead atoms. The van der Waals surface area contributed by atoms with E-state index < -0.39 is 0 Å². The molecule has 1 saturated carbocycles. The van der Waals surface area contributed by atoms with Crippen LogP contribution < -0.4 is 0 Å². The molecule has 4 atom stereocenters. The molecule has 0 N–H and O–H groups in total. The highest BCUT2D eigenvalue weighted by Gasteiger charge is 2.33. The van der Waals surface area contributed by atoms with Gasteiger partial charge in [-0.2, -0.15) is 0 Å². The fraction of sp³-hybridized carbons (Fsp3) is 0.667. The molecule has 0 radical (unpaired) electrons. The van der Waals surface area contributed by atoms with Crippen molar-refractivity contribution in [3.05, 3.63) is 35.4 Å². The quantitative estimate of drug-likeness (QED) is 0.640. The molecule has 0 heterocycles. The summed E-state index contributed by atoms with van der Waals surface area (Å²) in [6.07, 6.45) is 4.60. The Morgan fingerprint density at radius 1 is 1.17 bits per heavy atom. The Hall–Kier alpha value is -1.31. The lowest BCUT2D eigenvalue weighted by molar-refractivity contribution is -0.0174. The number of hydrogen-bond donors (Lipinski definition) is 0. The summed E-state index contributed by atoms with van der Waals surface area (Å²) >= 11 is 0. The van der Waals surface area contributed by atoms with Crippen molar-refractivity contribution in [2.45, 2.75) is 72.3 Å². The molecule has 0 saturated heterocycles. The molecule has 2 heteroatoms. The second-order valence-electron chi connectivity index (χ2n) is 7.70. The molecule has 1 aromatic carbocycles. The van der Waals surface area contributed by atoms with Crippen molar-refractivity contribution in [3.63, 3.8) is 0 Å². The number of ether oxygens (including phenoxy) is 1. The Morgan fingerprint density at radius 2 is 1.83 bits per heavy atom. The van der Waals surface area contributed by atoms with E-state index in [1.54, 1.807) is 0 Å². The van der Waals surface area contributed by atoms with Crippen LogP contribution in [0.25, 0.3) is 0 Å². The van der Waals surface area contributed by atoms with Crippen molar-refractivity contribution in [2.24, 2.45) is 17.8 Å². The monoisotopic (exact) mass is 316 g/mol. The van der Waals surface area contributed by atoms with Gasteiger partial charge in [0.2, 0.25) is 0 Å². The standard InChI is InChI=1S/C21H32O2/c1-6-16(5)17-8-10-18(11-9-17)21(22)23-20-13-15(4)7-12-19(20)14(2)3/h8-11,14-16,19-20H,6-7,12-13H2,1-5H3/t15-,16?,19+,20-/m0/s1. The number of carbonyl (C=O) groups excluding carboxylic acids is 1. The fourth-order valence-electron chi connectivity index (χ4n) is 3.64. The summed E-state index contributed by atoms with van der Waals surface area (Å²) in [6.45, 7) is 11.1. The van der Waals surface area contributed by atoms with Crippen LogP contribution in [0.2, 0.25) is 0 Å². The molecule has 2 rings (SSSR count). The normalized spacial score (nSPS) is 26.1. The van der Waals surface area contributed by atoms with Crippen LogP contribution in [0.15, 0.2) is 24.3 Å². The van der Waals surface area contributed by atoms with Gasteiger partial charge in [-0.25, -0.2) is 4.79 Å². The van der Waals surface area contributed by atoms with Crippen molar-refractivity contribution in [3.8, 4) is 0 Å². The lowest BCUT2D eigenvalue weighted by Crippen LogP contribution is -2.35. The van der Waals surface area contributed by atoms with Gasteiger partial charge >= 0.3 is 5.97 Å². The molecule has 23 heavy (non-hydrogen) atoms. The summed E-state index contributed by atoms with van der Waals surface area (Å²) < 4.78 is 5.91. The van der Waals surface area contributed by atoms with Crippen LogP contribution in [0.4, 0.5) is 0 Å². The molecule has 1 unspecified atom stereocenters. The minimum atomic E-state index is -0.162. The van der Waals surface area contributed by atoms with Crippen molar-refractivity contribution in [2.75, 3.05) is 0 Å². The van der Waals surface area contributed by atoms with E-state index in [0.717, 1.165) is 12.8 Å². The first-order chi connectivity index (χ1) is 10.9. The van der Waals surface area contributed by atoms with Gasteiger partial charge < -0.3 is 4.74 Å². The molecule has 0 aliphatic heterocycles. The molecular weight excluding hydrogens is 284 g/mol. The van der Waals surface area contributed by atoms with Crippen LogP contribution >= 0.6 is 0 Å². The van der Waals surface area contributed by atoms with Crippen LogP contribution in [0.1, 0.15) is 82.1 Å².